The van der Waals surface area contributed by atoms with Gasteiger partial charge >= 0.3 is 0 Å². The third-order valence-corrected chi connectivity index (χ3v) is 7.33. The predicted molar refractivity (Wildman–Crippen MR) is 137 cm³/mol. The molecule has 6 heteroatoms. The van der Waals surface area contributed by atoms with Gasteiger partial charge in [0, 0.05) is 5.56 Å². The molecule has 0 aliphatic rings. The number of Topliss-reactive ketones (excluding diaryl/α,β-unsaturated/α-hetero) is 1. The number of hydrogen-bond acceptors (Lipinski definition) is 5. The topological polar surface area (TPSA) is 80.7 Å². The van der Waals surface area contributed by atoms with Crippen molar-refractivity contribution in [1.82, 2.24) is 0 Å². The zero-order chi connectivity index (χ0) is 24.9. The normalized spacial score (nSPS) is 13.5. The van der Waals surface area contributed by atoms with Crippen molar-refractivity contribution < 1.29 is 22.5 Å². The number of unbranched alkanes of at least 4 members (excludes halogenated alkanes) is 9. The van der Waals surface area contributed by atoms with E-state index >= 15 is 0 Å². The Morgan fingerprint density at radius 1 is 0.824 bits per heavy atom. The van der Waals surface area contributed by atoms with Gasteiger partial charge in [0.2, 0.25) is 0 Å². The molecule has 0 fully saturated rings. The summed E-state index contributed by atoms with van der Waals surface area (Å²) in [7, 11) is -4.08. The molecule has 0 radical (unpaired) electrons. The summed E-state index contributed by atoms with van der Waals surface area (Å²) >= 11 is 0. The largest absolute Gasteiger partial charge is 0.379 e. The van der Waals surface area contributed by atoms with Crippen molar-refractivity contribution in [2.45, 2.75) is 95.0 Å². The molecule has 1 N–H and O–H groups in total. The summed E-state index contributed by atoms with van der Waals surface area (Å²) < 4.78 is 30.1. The molecule has 0 bridgehead atoms. The molecule has 0 aliphatic carbocycles. The van der Waals surface area contributed by atoms with E-state index in [1.54, 1.807) is 42.5 Å². The molecule has 0 aliphatic heterocycles. The molecule has 0 saturated heterocycles. The van der Waals surface area contributed by atoms with E-state index in [0.717, 1.165) is 18.4 Å². The maximum atomic E-state index is 12.5. The lowest BCUT2D eigenvalue weighted by Gasteiger charge is -2.21. The van der Waals surface area contributed by atoms with E-state index in [4.69, 9.17) is 4.18 Å². The number of ketones is 1. The van der Waals surface area contributed by atoms with Gasteiger partial charge in [-0.15, -0.1) is 0 Å². The second kappa shape index (κ2) is 14.4. The van der Waals surface area contributed by atoms with E-state index in [1.165, 1.54) is 76.8 Å². The van der Waals surface area contributed by atoms with Crippen LogP contribution >= 0.6 is 0 Å². The van der Waals surface area contributed by atoms with Crippen LogP contribution in [-0.4, -0.2) is 31.5 Å². The molecule has 0 heterocycles. The van der Waals surface area contributed by atoms with Gasteiger partial charge in [-0.25, -0.2) is 0 Å². The molecule has 0 saturated carbocycles. The molecule has 2 aromatic carbocycles. The van der Waals surface area contributed by atoms with E-state index in [0.29, 0.717) is 5.56 Å². The first-order valence-corrected chi connectivity index (χ1v) is 14.0. The Morgan fingerprint density at radius 2 is 1.35 bits per heavy atom. The molecule has 0 amide bonds. The fraction of sp³-hybridized carbons (Fsp3) is 0.536. The number of carbonyl (C=O) groups excluding carboxylic acids is 1. The molecular weight excluding hydrogens is 448 g/mol. The number of carbonyl (C=O) groups is 1. The minimum atomic E-state index is -4.08. The monoisotopic (exact) mass is 488 g/mol. The Hall–Kier alpha value is -2.02. The van der Waals surface area contributed by atoms with Crippen molar-refractivity contribution in [3.63, 3.8) is 0 Å². The van der Waals surface area contributed by atoms with E-state index in [1.807, 2.05) is 0 Å². The second-order valence-corrected chi connectivity index (χ2v) is 10.9. The van der Waals surface area contributed by atoms with Crippen LogP contribution in [0.5, 0.6) is 0 Å². The first-order valence-electron chi connectivity index (χ1n) is 12.6. The SMILES string of the molecule is CCCCCCCCCCCCc1ccc(S(=O)(=O)OCC(C)(O)C(=O)c2ccccc2)cc1. The maximum absolute atomic E-state index is 12.5. The molecule has 5 nitrogen and oxygen atoms in total. The molecule has 2 rings (SSSR count). The Balaban J connectivity index is 1.74. The van der Waals surface area contributed by atoms with E-state index in [-0.39, 0.29) is 4.90 Å². The summed E-state index contributed by atoms with van der Waals surface area (Å²) in [5.74, 6) is -0.588. The molecule has 34 heavy (non-hydrogen) atoms. The third kappa shape index (κ3) is 9.69. The van der Waals surface area contributed by atoms with Gasteiger partial charge in [0.25, 0.3) is 10.1 Å². The smallest absolute Gasteiger partial charge is 0.297 e. The minimum absolute atomic E-state index is 0.0160. The van der Waals surface area contributed by atoms with Gasteiger partial charge in [-0.1, -0.05) is 107 Å². The van der Waals surface area contributed by atoms with Crippen LogP contribution in [0.3, 0.4) is 0 Å². The molecular formula is C28H40O5S. The van der Waals surface area contributed by atoms with Crippen molar-refractivity contribution in [3.05, 3.63) is 65.7 Å². The molecule has 1 atom stereocenters. The predicted octanol–water partition coefficient (Wildman–Crippen LogP) is 6.49. The summed E-state index contributed by atoms with van der Waals surface area (Å²) in [6.07, 6.45) is 13.7. The van der Waals surface area contributed by atoms with Crippen LogP contribution in [0.1, 0.15) is 94.0 Å². The average molecular weight is 489 g/mol. The van der Waals surface area contributed by atoms with Crippen LogP contribution in [0.25, 0.3) is 0 Å². The highest BCUT2D eigenvalue weighted by Gasteiger charge is 2.34. The summed E-state index contributed by atoms with van der Waals surface area (Å²) in [6, 6.07) is 14.9. The summed E-state index contributed by atoms with van der Waals surface area (Å²) in [6.45, 7) is 2.85. The highest BCUT2D eigenvalue weighted by atomic mass is 32.2. The number of aryl methyl sites for hydroxylation is 1. The Kier molecular flexibility index (Phi) is 11.9. The highest BCUT2D eigenvalue weighted by Crippen LogP contribution is 2.20. The molecule has 2 aromatic rings. The van der Waals surface area contributed by atoms with Crippen LogP contribution in [0.2, 0.25) is 0 Å². The lowest BCUT2D eigenvalue weighted by molar-refractivity contribution is 0.0175. The Bertz CT molecular complexity index is 950. The summed E-state index contributed by atoms with van der Waals surface area (Å²) in [5, 5.41) is 10.5. The number of hydrogen-bond donors (Lipinski definition) is 1. The first-order chi connectivity index (χ1) is 16.3. The number of rotatable bonds is 17. The Labute approximate surface area is 205 Å². The lowest BCUT2D eigenvalue weighted by atomic mass is 9.96. The van der Waals surface area contributed by atoms with Gasteiger partial charge in [0.15, 0.2) is 5.78 Å². The van der Waals surface area contributed by atoms with Gasteiger partial charge < -0.3 is 5.11 Å². The minimum Gasteiger partial charge on any atom is -0.379 e. The van der Waals surface area contributed by atoms with Crippen molar-refractivity contribution in [1.29, 1.82) is 0 Å². The zero-order valence-corrected chi connectivity index (χ0v) is 21.5. The fourth-order valence-corrected chi connectivity index (χ4v) is 4.86. The molecule has 0 spiro atoms. The average Bonchev–Trinajstić information content (AvgIpc) is 2.84. The standard InChI is InChI=1S/C28H40O5S/c1-3-4-5-6-7-8-9-10-11-13-16-24-19-21-26(22-20-24)34(31,32)33-23-28(2,30)27(29)25-17-14-12-15-18-25/h12,14-15,17-22,30H,3-11,13,16,23H2,1-2H3. The quantitative estimate of drug-likeness (QED) is 0.156. The van der Waals surface area contributed by atoms with Crippen LogP contribution in [0.4, 0.5) is 0 Å². The molecule has 1 unspecified atom stereocenters. The van der Waals surface area contributed by atoms with E-state index in [2.05, 4.69) is 6.92 Å². The van der Waals surface area contributed by atoms with Crippen molar-refractivity contribution >= 4 is 15.9 Å². The van der Waals surface area contributed by atoms with Gasteiger partial charge in [-0.3, -0.25) is 8.98 Å². The number of benzene rings is 2. The van der Waals surface area contributed by atoms with Gasteiger partial charge in [-0.2, -0.15) is 8.42 Å². The first kappa shape index (κ1) is 28.2. The van der Waals surface area contributed by atoms with Crippen molar-refractivity contribution in [2.75, 3.05) is 6.61 Å². The van der Waals surface area contributed by atoms with Gasteiger partial charge in [0.05, 0.1) is 4.90 Å². The van der Waals surface area contributed by atoms with E-state index < -0.39 is 28.1 Å². The maximum Gasteiger partial charge on any atom is 0.297 e. The van der Waals surface area contributed by atoms with Gasteiger partial charge in [0.1, 0.15) is 12.2 Å². The van der Waals surface area contributed by atoms with Crippen LogP contribution in [0, 0.1) is 0 Å². The lowest BCUT2D eigenvalue weighted by Crippen LogP contribution is -2.40. The van der Waals surface area contributed by atoms with Crippen LogP contribution in [0.15, 0.2) is 59.5 Å². The Morgan fingerprint density at radius 3 is 1.91 bits per heavy atom. The summed E-state index contributed by atoms with van der Waals surface area (Å²) in [4.78, 5) is 12.5. The van der Waals surface area contributed by atoms with Crippen LogP contribution in [-0.2, 0) is 20.7 Å². The second-order valence-electron chi connectivity index (χ2n) is 9.26. The molecule has 0 aromatic heterocycles. The fourth-order valence-electron chi connectivity index (χ4n) is 3.87. The van der Waals surface area contributed by atoms with Crippen LogP contribution < -0.4 is 0 Å². The van der Waals surface area contributed by atoms with Crippen molar-refractivity contribution in [2.24, 2.45) is 0 Å². The zero-order valence-electron chi connectivity index (χ0n) is 20.7. The van der Waals surface area contributed by atoms with Crippen molar-refractivity contribution in [3.8, 4) is 0 Å². The highest BCUT2D eigenvalue weighted by molar-refractivity contribution is 7.86. The summed E-state index contributed by atoms with van der Waals surface area (Å²) in [5.41, 5.74) is -0.571. The number of aliphatic hydroxyl groups is 1. The van der Waals surface area contributed by atoms with E-state index in [9.17, 15) is 18.3 Å². The molecule has 188 valence electrons. The third-order valence-electron chi connectivity index (χ3n) is 6.05. The van der Waals surface area contributed by atoms with Gasteiger partial charge in [-0.05, 0) is 37.5 Å².